The van der Waals surface area contributed by atoms with Gasteiger partial charge in [-0.2, -0.15) is 0 Å². The number of nitrogens with one attached hydrogen (secondary N) is 1. The van der Waals surface area contributed by atoms with Crippen molar-refractivity contribution in [2.75, 3.05) is 0 Å². The number of unbranched alkanes of at least 4 members (excludes halogenated alkanes) is 1. The highest BCUT2D eigenvalue weighted by atomic mass is 16.3. The molecule has 7 heteroatoms. The van der Waals surface area contributed by atoms with Crippen LogP contribution in [0.25, 0.3) is 0 Å². The first-order valence-corrected chi connectivity index (χ1v) is 11.3. The summed E-state index contributed by atoms with van der Waals surface area (Å²) in [6, 6.07) is 2.15. The van der Waals surface area contributed by atoms with E-state index < -0.39 is 12.2 Å². The van der Waals surface area contributed by atoms with Crippen LogP contribution in [0, 0.1) is 11.8 Å². The summed E-state index contributed by atoms with van der Waals surface area (Å²) in [6.45, 7) is 0. The van der Waals surface area contributed by atoms with Crippen LogP contribution in [0.15, 0.2) is 42.8 Å². The number of nitrogens with zero attached hydrogens (tertiary/aromatic N) is 2. The van der Waals surface area contributed by atoms with E-state index in [1.54, 1.807) is 30.6 Å². The number of aliphatic hydroxyl groups excluding tert-OH is 2. The lowest BCUT2D eigenvalue weighted by Gasteiger charge is -2.16. The smallest absolute Gasteiger partial charge is 0.220 e. The highest BCUT2D eigenvalue weighted by Crippen LogP contribution is 2.33. The maximum Gasteiger partial charge on any atom is 0.220 e. The summed E-state index contributed by atoms with van der Waals surface area (Å²) < 4.78 is 0. The molecule has 168 valence electrons. The van der Waals surface area contributed by atoms with Gasteiger partial charge in [0, 0.05) is 49.5 Å². The fourth-order valence-corrected chi connectivity index (χ4v) is 3.88. The Morgan fingerprint density at radius 2 is 2.03 bits per heavy atom. The summed E-state index contributed by atoms with van der Waals surface area (Å²) in [4.78, 5) is 32.3. The summed E-state index contributed by atoms with van der Waals surface area (Å²) >= 11 is 0. The van der Waals surface area contributed by atoms with E-state index in [2.05, 4.69) is 15.3 Å². The molecular formula is C24H33N3O4. The average Bonchev–Trinajstić information content (AvgIpc) is 3.52. The third-order valence-corrected chi connectivity index (χ3v) is 5.85. The minimum Gasteiger partial charge on any atom is -0.392 e. The van der Waals surface area contributed by atoms with Crippen molar-refractivity contribution in [1.82, 2.24) is 15.3 Å². The molecule has 7 nitrogen and oxygen atoms in total. The molecule has 0 bridgehead atoms. The van der Waals surface area contributed by atoms with Gasteiger partial charge in [-0.15, -0.1) is 0 Å². The molecule has 1 heterocycles. The van der Waals surface area contributed by atoms with Crippen LogP contribution in [0.1, 0.15) is 57.2 Å². The number of ketones is 1. The molecule has 1 aromatic heterocycles. The van der Waals surface area contributed by atoms with Gasteiger partial charge in [0.25, 0.3) is 0 Å². The quantitative estimate of drug-likeness (QED) is 0.348. The SMILES string of the molecule is O=C(CCCC=CC[C@H]1C(=O)C[C@@H](O)[C@@H]1C=C[C@@H](O)CCc1ncccn1)NC1CC1. The van der Waals surface area contributed by atoms with Crippen LogP contribution in [0.2, 0.25) is 0 Å². The van der Waals surface area contributed by atoms with E-state index in [1.807, 2.05) is 12.2 Å². The van der Waals surface area contributed by atoms with Gasteiger partial charge in [0.1, 0.15) is 11.6 Å². The second-order valence-corrected chi connectivity index (χ2v) is 8.52. The van der Waals surface area contributed by atoms with Gasteiger partial charge in [0.2, 0.25) is 5.91 Å². The monoisotopic (exact) mass is 427 g/mol. The zero-order valence-corrected chi connectivity index (χ0v) is 17.9. The molecule has 0 spiro atoms. The third-order valence-electron chi connectivity index (χ3n) is 5.85. The largest absolute Gasteiger partial charge is 0.392 e. The van der Waals surface area contributed by atoms with E-state index in [9.17, 15) is 19.8 Å². The first-order valence-electron chi connectivity index (χ1n) is 11.3. The second kappa shape index (κ2) is 11.9. The summed E-state index contributed by atoms with van der Waals surface area (Å²) in [5.74, 6) is 0.295. The normalized spacial score (nSPS) is 24.8. The molecular weight excluding hydrogens is 394 g/mol. The van der Waals surface area contributed by atoms with E-state index in [-0.39, 0.29) is 29.9 Å². The Morgan fingerprint density at radius 3 is 2.77 bits per heavy atom. The molecule has 4 atom stereocenters. The minimum atomic E-state index is -0.710. The predicted octanol–water partition coefficient (Wildman–Crippen LogP) is 2.29. The van der Waals surface area contributed by atoms with Crippen LogP contribution in [0.3, 0.4) is 0 Å². The van der Waals surface area contributed by atoms with Crippen LogP contribution in [-0.2, 0) is 16.0 Å². The van der Waals surface area contributed by atoms with Crippen molar-refractivity contribution in [3.63, 3.8) is 0 Å². The van der Waals surface area contributed by atoms with Gasteiger partial charge in [-0.1, -0.05) is 24.3 Å². The maximum atomic E-state index is 12.3. The Morgan fingerprint density at radius 1 is 1.26 bits per heavy atom. The number of rotatable bonds is 12. The zero-order chi connectivity index (χ0) is 22.1. The Balaban J connectivity index is 1.40. The zero-order valence-electron chi connectivity index (χ0n) is 17.9. The van der Waals surface area contributed by atoms with E-state index in [0.717, 1.165) is 25.7 Å². The topological polar surface area (TPSA) is 112 Å². The van der Waals surface area contributed by atoms with Crippen molar-refractivity contribution < 1.29 is 19.8 Å². The van der Waals surface area contributed by atoms with Crippen LogP contribution < -0.4 is 5.32 Å². The predicted molar refractivity (Wildman–Crippen MR) is 117 cm³/mol. The number of allylic oxidation sites excluding steroid dienone is 2. The molecule has 0 saturated heterocycles. The Kier molecular flexibility index (Phi) is 8.91. The minimum absolute atomic E-state index is 0.0581. The van der Waals surface area contributed by atoms with Crippen molar-refractivity contribution >= 4 is 11.7 Å². The molecule has 1 amide bonds. The molecule has 31 heavy (non-hydrogen) atoms. The van der Waals surface area contributed by atoms with Gasteiger partial charge in [0.15, 0.2) is 0 Å². The van der Waals surface area contributed by atoms with Crippen molar-refractivity contribution in [2.24, 2.45) is 11.8 Å². The van der Waals surface area contributed by atoms with Crippen molar-refractivity contribution in [3.05, 3.63) is 48.6 Å². The fraction of sp³-hybridized carbons (Fsp3) is 0.583. The van der Waals surface area contributed by atoms with Crippen LogP contribution in [0.5, 0.6) is 0 Å². The molecule has 3 rings (SSSR count). The van der Waals surface area contributed by atoms with Gasteiger partial charge in [-0.25, -0.2) is 9.97 Å². The molecule has 2 fully saturated rings. The van der Waals surface area contributed by atoms with Crippen LogP contribution in [-0.4, -0.2) is 50.1 Å². The van der Waals surface area contributed by atoms with Crippen molar-refractivity contribution in [3.8, 4) is 0 Å². The molecule has 2 saturated carbocycles. The molecule has 0 aliphatic heterocycles. The number of hydrogen-bond donors (Lipinski definition) is 3. The van der Waals surface area contributed by atoms with Gasteiger partial charge < -0.3 is 15.5 Å². The molecule has 0 unspecified atom stereocenters. The molecule has 3 N–H and O–H groups in total. The number of hydrogen-bond acceptors (Lipinski definition) is 6. The van der Waals surface area contributed by atoms with E-state index in [0.29, 0.717) is 37.5 Å². The summed E-state index contributed by atoms with van der Waals surface area (Å²) in [5, 5.41) is 23.5. The lowest BCUT2D eigenvalue weighted by atomic mass is 9.90. The number of aryl methyl sites for hydroxylation is 1. The Labute approximate surface area is 183 Å². The molecule has 0 aromatic carbocycles. The summed E-state index contributed by atoms with van der Waals surface area (Å²) in [5.41, 5.74) is 0. The number of amides is 1. The standard InChI is InChI=1S/C24H33N3O4/c28-18(11-13-23-25-14-5-15-26-23)10-12-20-19(21(29)16-22(20)30)6-3-1-2-4-7-24(31)27-17-8-9-17/h1,3,5,10,12,14-15,17-20,22,28,30H,2,4,6-9,11,13,16H2,(H,27,31)/t18-,19-,20-,22-/m1/s1. The van der Waals surface area contributed by atoms with E-state index in [1.165, 1.54) is 0 Å². The highest BCUT2D eigenvalue weighted by molar-refractivity contribution is 5.84. The number of carbonyl (C=O) groups excluding carboxylic acids is 2. The average molecular weight is 428 g/mol. The molecule has 2 aliphatic carbocycles. The number of aliphatic hydroxyl groups is 2. The first kappa shape index (κ1) is 23.3. The maximum absolute atomic E-state index is 12.3. The molecule has 0 radical (unpaired) electrons. The van der Waals surface area contributed by atoms with Crippen molar-refractivity contribution in [2.45, 2.75) is 76.0 Å². The number of aromatic nitrogens is 2. The lowest BCUT2D eigenvalue weighted by Crippen LogP contribution is -2.24. The first-order chi connectivity index (χ1) is 15.0. The summed E-state index contributed by atoms with van der Waals surface area (Å²) in [7, 11) is 0. The highest BCUT2D eigenvalue weighted by Gasteiger charge is 2.39. The van der Waals surface area contributed by atoms with Gasteiger partial charge in [0.05, 0.1) is 12.2 Å². The molecule has 1 aromatic rings. The molecule has 2 aliphatic rings. The van der Waals surface area contributed by atoms with Crippen LogP contribution >= 0.6 is 0 Å². The van der Waals surface area contributed by atoms with Gasteiger partial charge >= 0.3 is 0 Å². The number of carbonyl (C=O) groups is 2. The second-order valence-electron chi connectivity index (χ2n) is 8.52. The fourth-order valence-electron chi connectivity index (χ4n) is 3.88. The van der Waals surface area contributed by atoms with Gasteiger partial charge in [-0.3, -0.25) is 9.59 Å². The Bertz CT molecular complexity index is 776. The number of Topliss-reactive ketones (excluding diaryl/α,β-unsaturated/α-hetero) is 1. The van der Waals surface area contributed by atoms with Crippen molar-refractivity contribution in [1.29, 1.82) is 0 Å². The Hall–Kier alpha value is -2.38. The third kappa shape index (κ3) is 7.99. The van der Waals surface area contributed by atoms with E-state index in [4.69, 9.17) is 0 Å². The summed E-state index contributed by atoms with van der Waals surface area (Å²) in [6.07, 6.45) is 15.5. The van der Waals surface area contributed by atoms with E-state index >= 15 is 0 Å². The lowest BCUT2D eigenvalue weighted by molar-refractivity contribution is -0.122. The van der Waals surface area contributed by atoms with Crippen LogP contribution in [0.4, 0.5) is 0 Å². The van der Waals surface area contributed by atoms with Gasteiger partial charge in [-0.05, 0) is 44.6 Å².